The van der Waals surface area contributed by atoms with Crippen molar-refractivity contribution in [3.8, 4) is 11.6 Å². The highest BCUT2D eigenvalue weighted by molar-refractivity contribution is 6.36. The van der Waals surface area contributed by atoms with Crippen LogP contribution in [-0.4, -0.2) is 10.9 Å². The second-order valence-corrected chi connectivity index (χ2v) is 5.83. The molecule has 1 aromatic heterocycles. The first-order valence-corrected chi connectivity index (χ1v) is 7.93. The summed E-state index contributed by atoms with van der Waals surface area (Å²) in [5.41, 5.74) is 0.616. The largest absolute Gasteiger partial charge is 0.438 e. The molecule has 0 aliphatic rings. The van der Waals surface area contributed by atoms with Crippen LogP contribution >= 0.6 is 23.2 Å². The Labute approximate surface area is 153 Å². The summed E-state index contributed by atoms with van der Waals surface area (Å²) < 4.78 is 18.6. The summed E-state index contributed by atoms with van der Waals surface area (Å²) in [6, 6.07) is 13.3. The van der Waals surface area contributed by atoms with Gasteiger partial charge in [-0.05, 0) is 54.6 Å². The Hall–Kier alpha value is -2.63. The highest BCUT2D eigenvalue weighted by atomic mass is 35.5. The van der Waals surface area contributed by atoms with Gasteiger partial charge in [-0.1, -0.05) is 23.2 Å². The van der Waals surface area contributed by atoms with E-state index in [0.29, 0.717) is 21.5 Å². The molecule has 2 aromatic carbocycles. The minimum absolute atomic E-state index is 0.0942. The molecule has 0 fully saturated rings. The van der Waals surface area contributed by atoms with E-state index in [1.807, 2.05) is 0 Å². The average Bonchev–Trinajstić information content (AvgIpc) is 2.60. The third kappa shape index (κ3) is 4.26. The Kier molecular flexibility index (Phi) is 5.16. The lowest BCUT2D eigenvalue weighted by Crippen LogP contribution is -2.14. The number of carbonyl (C=O) groups excluding carboxylic acids is 1. The molecule has 7 heteroatoms. The summed E-state index contributed by atoms with van der Waals surface area (Å²) in [6.45, 7) is 0. The van der Waals surface area contributed by atoms with E-state index in [4.69, 9.17) is 27.9 Å². The third-order valence-corrected chi connectivity index (χ3v) is 3.77. The minimum atomic E-state index is -0.450. The standard InChI is InChI=1S/C18H11Cl2FN2O2/c19-11-3-8-16(15(20)10-11)23-17(24)14-2-1-9-22-18(14)25-13-6-4-12(21)5-7-13/h1-10H,(H,23,24). The van der Waals surface area contributed by atoms with E-state index in [9.17, 15) is 9.18 Å². The van der Waals surface area contributed by atoms with Gasteiger partial charge in [-0.3, -0.25) is 4.79 Å². The lowest BCUT2D eigenvalue weighted by molar-refractivity contribution is 0.102. The number of carbonyl (C=O) groups is 1. The molecule has 0 bridgehead atoms. The van der Waals surface area contributed by atoms with Crippen LogP contribution in [-0.2, 0) is 0 Å². The number of rotatable bonds is 4. The highest BCUT2D eigenvalue weighted by Crippen LogP contribution is 2.28. The number of hydrogen-bond acceptors (Lipinski definition) is 3. The predicted octanol–water partition coefficient (Wildman–Crippen LogP) is 5.57. The fourth-order valence-corrected chi connectivity index (χ4v) is 2.50. The molecule has 0 spiro atoms. The summed E-state index contributed by atoms with van der Waals surface area (Å²) in [5, 5.41) is 3.45. The van der Waals surface area contributed by atoms with Crippen LogP contribution in [0.25, 0.3) is 0 Å². The van der Waals surface area contributed by atoms with Crippen molar-refractivity contribution in [1.82, 2.24) is 4.98 Å². The van der Waals surface area contributed by atoms with Gasteiger partial charge in [-0.15, -0.1) is 0 Å². The molecule has 0 atom stereocenters. The number of anilines is 1. The Morgan fingerprint density at radius 1 is 1.08 bits per heavy atom. The van der Waals surface area contributed by atoms with Crippen molar-refractivity contribution in [1.29, 1.82) is 0 Å². The van der Waals surface area contributed by atoms with Crippen LogP contribution < -0.4 is 10.1 Å². The van der Waals surface area contributed by atoms with E-state index >= 15 is 0 Å². The molecular weight excluding hydrogens is 366 g/mol. The van der Waals surface area contributed by atoms with Crippen molar-refractivity contribution in [2.24, 2.45) is 0 Å². The molecule has 3 rings (SSSR count). The van der Waals surface area contributed by atoms with Crippen molar-refractivity contribution in [3.63, 3.8) is 0 Å². The summed E-state index contributed by atoms with van der Waals surface area (Å²) in [5.74, 6) is -0.381. The normalized spacial score (nSPS) is 10.4. The molecule has 0 saturated carbocycles. The third-order valence-electron chi connectivity index (χ3n) is 3.22. The molecule has 0 aliphatic carbocycles. The summed E-state index contributed by atoms with van der Waals surface area (Å²) in [7, 11) is 0. The van der Waals surface area contributed by atoms with E-state index in [1.54, 1.807) is 24.3 Å². The maximum Gasteiger partial charge on any atom is 0.261 e. The Bertz CT molecular complexity index is 917. The van der Waals surface area contributed by atoms with E-state index in [2.05, 4.69) is 10.3 Å². The summed E-state index contributed by atoms with van der Waals surface area (Å²) in [4.78, 5) is 16.6. The lowest BCUT2D eigenvalue weighted by Gasteiger charge is -2.11. The first-order chi connectivity index (χ1) is 12.0. The molecule has 126 valence electrons. The number of aromatic nitrogens is 1. The Morgan fingerprint density at radius 3 is 2.56 bits per heavy atom. The van der Waals surface area contributed by atoms with E-state index < -0.39 is 5.91 Å². The van der Waals surface area contributed by atoms with E-state index in [-0.39, 0.29) is 17.3 Å². The molecule has 1 N–H and O–H groups in total. The van der Waals surface area contributed by atoms with Gasteiger partial charge in [-0.2, -0.15) is 0 Å². The Morgan fingerprint density at radius 2 is 1.84 bits per heavy atom. The van der Waals surface area contributed by atoms with Crippen LogP contribution in [0.2, 0.25) is 10.0 Å². The quantitative estimate of drug-likeness (QED) is 0.647. The number of benzene rings is 2. The molecule has 25 heavy (non-hydrogen) atoms. The lowest BCUT2D eigenvalue weighted by atomic mass is 10.2. The second kappa shape index (κ2) is 7.51. The first kappa shape index (κ1) is 17.2. The van der Waals surface area contributed by atoms with Gasteiger partial charge >= 0.3 is 0 Å². The zero-order valence-electron chi connectivity index (χ0n) is 12.7. The zero-order chi connectivity index (χ0) is 17.8. The highest BCUT2D eigenvalue weighted by Gasteiger charge is 2.16. The number of nitrogens with one attached hydrogen (secondary N) is 1. The van der Waals surface area contributed by atoms with Crippen LogP contribution in [0.4, 0.5) is 10.1 Å². The van der Waals surface area contributed by atoms with E-state index in [1.165, 1.54) is 36.5 Å². The molecular formula is C18H11Cl2FN2O2. The number of hydrogen-bond donors (Lipinski definition) is 1. The zero-order valence-corrected chi connectivity index (χ0v) is 14.2. The predicted molar refractivity (Wildman–Crippen MR) is 95.1 cm³/mol. The van der Waals surface area contributed by atoms with Crippen LogP contribution in [0.1, 0.15) is 10.4 Å². The van der Waals surface area contributed by atoms with Crippen molar-refractivity contribution in [2.45, 2.75) is 0 Å². The smallest absolute Gasteiger partial charge is 0.261 e. The monoisotopic (exact) mass is 376 g/mol. The van der Waals surface area contributed by atoms with Crippen LogP contribution in [0.5, 0.6) is 11.6 Å². The van der Waals surface area contributed by atoms with Gasteiger partial charge in [0.25, 0.3) is 5.91 Å². The minimum Gasteiger partial charge on any atom is -0.438 e. The fourth-order valence-electron chi connectivity index (χ4n) is 2.04. The Balaban J connectivity index is 1.84. The van der Waals surface area contributed by atoms with Crippen LogP contribution in [0.15, 0.2) is 60.8 Å². The SMILES string of the molecule is O=C(Nc1ccc(Cl)cc1Cl)c1cccnc1Oc1ccc(F)cc1. The van der Waals surface area contributed by atoms with Gasteiger partial charge in [0.05, 0.1) is 10.7 Å². The molecule has 3 aromatic rings. The topological polar surface area (TPSA) is 51.2 Å². The van der Waals surface area contributed by atoms with Crippen molar-refractivity contribution >= 4 is 34.8 Å². The van der Waals surface area contributed by atoms with Crippen LogP contribution in [0.3, 0.4) is 0 Å². The molecule has 1 heterocycles. The number of ether oxygens (including phenoxy) is 1. The van der Waals surface area contributed by atoms with Gasteiger partial charge in [0.2, 0.25) is 5.88 Å². The number of pyridine rings is 1. The summed E-state index contributed by atoms with van der Waals surface area (Å²) in [6.07, 6.45) is 1.49. The number of halogens is 3. The van der Waals surface area contributed by atoms with E-state index in [0.717, 1.165) is 0 Å². The van der Waals surface area contributed by atoms with Gasteiger partial charge in [0, 0.05) is 11.2 Å². The number of amides is 1. The molecule has 1 amide bonds. The number of nitrogens with zero attached hydrogens (tertiary/aromatic N) is 1. The van der Waals surface area contributed by atoms with Crippen LogP contribution in [0, 0.1) is 5.82 Å². The van der Waals surface area contributed by atoms with Gasteiger partial charge in [-0.25, -0.2) is 9.37 Å². The van der Waals surface area contributed by atoms with Crippen molar-refractivity contribution in [2.75, 3.05) is 5.32 Å². The fraction of sp³-hybridized carbons (Fsp3) is 0. The molecule has 0 saturated heterocycles. The van der Waals surface area contributed by atoms with Crippen molar-refractivity contribution < 1.29 is 13.9 Å². The molecule has 0 unspecified atom stereocenters. The maximum atomic E-state index is 13.0. The maximum absolute atomic E-state index is 13.0. The first-order valence-electron chi connectivity index (χ1n) is 7.18. The van der Waals surface area contributed by atoms with Crippen molar-refractivity contribution in [3.05, 3.63) is 82.2 Å². The average molecular weight is 377 g/mol. The second-order valence-electron chi connectivity index (χ2n) is 4.99. The molecule has 4 nitrogen and oxygen atoms in total. The molecule has 0 aliphatic heterocycles. The van der Waals surface area contributed by atoms with Gasteiger partial charge < -0.3 is 10.1 Å². The summed E-state index contributed by atoms with van der Waals surface area (Å²) >= 11 is 11.9. The molecule has 0 radical (unpaired) electrons. The van der Waals surface area contributed by atoms with Gasteiger partial charge in [0.15, 0.2) is 0 Å². The van der Waals surface area contributed by atoms with Gasteiger partial charge in [0.1, 0.15) is 17.1 Å².